The topological polar surface area (TPSA) is 53.4 Å². The van der Waals surface area contributed by atoms with Gasteiger partial charge < -0.3 is 5.32 Å². The third kappa shape index (κ3) is 4.00. The van der Waals surface area contributed by atoms with E-state index in [0.29, 0.717) is 16.6 Å². The van der Waals surface area contributed by atoms with Crippen LogP contribution in [0.2, 0.25) is 5.02 Å². The number of anilines is 1. The molecule has 1 N–H and O–H groups in total. The van der Waals surface area contributed by atoms with Crippen molar-refractivity contribution in [1.29, 1.82) is 0 Å². The summed E-state index contributed by atoms with van der Waals surface area (Å²) in [5, 5.41) is 11.3. The number of para-hydroxylation sites is 2. The first-order valence-electron chi connectivity index (χ1n) is 9.87. The lowest BCUT2D eigenvalue weighted by molar-refractivity contribution is 0.377. The highest BCUT2D eigenvalue weighted by atomic mass is 35.5. The van der Waals surface area contributed by atoms with Crippen LogP contribution in [0.15, 0.2) is 90.3 Å². The van der Waals surface area contributed by atoms with E-state index in [1.165, 1.54) is 0 Å². The summed E-state index contributed by atoms with van der Waals surface area (Å²) in [5.41, 5.74) is 5.62. The third-order valence-corrected chi connectivity index (χ3v) is 5.75. The van der Waals surface area contributed by atoms with Gasteiger partial charge in [0.05, 0.1) is 22.8 Å². The number of benzene rings is 3. The summed E-state index contributed by atoms with van der Waals surface area (Å²) in [6.07, 6.45) is 4.11. The van der Waals surface area contributed by atoms with Crippen molar-refractivity contribution in [2.45, 2.75) is 12.5 Å². The van der Waals surface area contributed by atoms with Gasteiger partial charge >= 0.3 is 0 Å². The summed E-state index contributed by atoms with van der Waals surface area (Å²) < 4.78 is 0. The number of hydrazone groups is 1. The number of halogens is 1. The van der Waals surface area contributed by atoms with Gasteiger partial charge in [0, 0.05) is 35.1 Å². The Bertz CT molecular complexity index is 1270. The molecule has 0 bridgehead atoms. The SMILES string of the molecule is S=C(Nc1ccccc1)N1N=C(c2ccc(Cl)cc2)C[C@@H]1c1cccc2nccnc12. The van der Waals surface area contributed by atoms with E-state index >= 15 is 0 Å². The van der Waals surface area contributed by atoms with Crippen molar-refractivity contribution in [2.75, 3.05) is 5.32 Å². The zero-order chi connectivity index (χ0) is 21.2. The van der Waals surface area contributed by atoms with Crippen LogP contribution in [-0.2, 0) is 0 Å². The van der Waals surface area contributed by atoms with Crippen LogP contribution in [0, 0.1) is 0 Å². The lowest BCUT2D eigenvalue weighted by atomic mass is 9.97. The fourth-order valence-corrected chi connectivity index (χ4v) is 4.15. The van der Waals surface area contributed by atoms with E-state index in [1.54, 1.807) is 12.4 Å². The number of hydrogen-bond acceptors (Lipinski definition) is 4. The van der Waals surface area contributed by atoms with Crippen LogP contribution in [0.3, 0.4) is 0 Å². The normalized spacial score (nSPS) is 15.7. The molecule has 0 unspecified atom stereocenters. The molecule has 1 aliphatic rings. The highest BCUT2D eigenvalue weighted by Crippen LogP contribution is 2.36. The smallest absolute Gasteiger partial charge is 0.194 e. The first-order valence-corrected chi connectivity index (χ1v) is 10.7. The summed E-state index contributed by atoms with van der Waals surface area (Å²) in [5.74, 6) is 0. The molecular formula is C24H18ClN5S. The third-order valence-electron chi connectivity index (χ3n) is 5.21. The van der Waals surface area contributed by atoms with Crippen LogP contribution >= 0.6 is 23.8 Å². The molecule has 0 saturated heterocycles. The van der Waals surface area contributed by atoms with Crippen molar-refractivity contribution in [3.8, 4) is 0 Å². The molecule has 1 aromatic heterocycles. The number of fused-ring (bicyclic) bond motifs is 1. The maximum atomic E-state index is 6.08. The monoisotopic (exact) mass is 443 g/mol. The predicted octanol–water partition coefficient (Wildman–Crippen LogP) is 5.83. The Labute approximate surface area is 190 Å². The van der Waals surface area contributed by atoms with Crippen molar-refractivity contribution in [2.24, 2.45) is 5.10 Å². The standard InChI is InChI=1S/C24H18ClN5S/c25-17-11-9-16(10-12-17)21-15-22(19-7-4-8-20-23(19)27-14-13-26-20)30(29-21)24(31)28-18-5-2-1-3-6-18/h1-14,22H,15H2,(H,28,31)/t22-/m1/s1. The number of nitrogens with one attached hydrogen (secondary N) is 1. The highest BCUT2D eigenvalue weighted by Gasteiger charge is 2.33. The molecule has 5 nitrogen and oxygen atoms in total. The quantitative estimate of drug-likeness (QED) is 0.403. The van der Waals surface area contributed by atoms with Crippen LogP contribution in [0.1, 0.15) is 23.6 Å². The molecule has 0 fully saturated rings. The molecule has 31 heavy (non-hydrogen) atoms. The molecule has 1 aliphatic heterocycles. The van der Waals surface area contributed by atoms with Gasteiger partial charge in [0.2, 0.25) is 0 Å². The van der Waals surface area contributed by atoms with Crippen molar-refractivity contribution in [3.63, 3.8) is 0 Å². The van der Waals surface area contributed by atoms with Gasteiger partial charge in [-0.3, -0.25) is 9.97 Å². The van der Waals surface area contributed by atoms with Gasteiger partial charge in [-0.15, -0.1) is 0 Å². The fraction of sp³-hybridized carbons (Fsp3) is 0.0833. The summed E-state index contributed by atoms with van der Waals surface area (Å²) in [6, 6.07) is 23.5. The van der Waals surface area contributed by atoms with Crippen LogP contribution in [0.5, 0.6) is 0 Å². The lowest BCUT2D eigenvalue weighted by Gasteiger charge is -2.25. The van der Waals surface area contributed by atoms with E-state index in [1.807, 2.05) is 71.7 Å². The van der Waals surface area contributed by atoms with Crippen LogP contribution in [0.25, 0.3) is 11.0 Å². The van der Waals surface area contributed by atoms with Gasteiger partial charge in [0.1, 0.15) is 0 Å². The molecule has 0 aliphatic carbocycles. The van der Waals surface area contributed by atoms with Gasteiger partial charge in [-0.25, -0.2) is 5.01 Å². The van der Waals surface area contributed by atoms with Crippen LogP contribution in [0.4, 0.5) is 5.69 Å². The minimum atomic E-state index is -0.102. The molecule has 152 valence electrons. The number of aromatic nitrogens is 2. The van der Waals surface area contributed by atoms with E-state index in [9.17, 15) is 0 Å². The Balaban J connectivity index is 1.55. The zero-order valence-corrected chi connectivity index (χ0v) is 18.0. The molecule has 3 aromatic carbocycles. The Morgan fingerprint density at radius 2 is 1.71 bits per heavy atom. The van der Waals surface area contributed by atoms with Gasteiger partial charge in [0.15, 0.2) is 5.11 Å². The first-order chi connectivity index (χ1) is 15.2. The van der Waals surface area contributed by atoms with Crippen molar-refractivity contribution in [1.82, 2.24) is 15.0 Å². The molecular weight excluding hydrogens is 426 g/mol. The second-order valence-corrected chi connectivity index (χ2v) is 8.01. The second kappa shape index (κ2) is 8.41. The van der Waals surface area contributed by atoms with Crippen molar-refractivity contribution in [3.05, 3.63) is 101 Å². The highest BCUT2D eigenvalue weighted by molar-refractivity contribution is 7.80. The van der Waals surface area contributed by atoms with E-state index < -0.39 is 0 Å². The Morgan fingerprint density at radius 1 is 0.935 bits per heavy atom. The average molecular weight is 444 g/mol. The summed E-state index contributed by atoms with van der Waals surface area (Å²) in [6.45, 7) is 0. The van der Waals surface area contributed by atoms with E-state index in [2.05, 4.69) is 21.4 Å². The predicted molar refractivity (Wildman–Crippen MR) is 129 cm³/mol. The van der Waals surface area contributed by atoms with Gasteiger partial charge in [-0.2, -0.15) is 5.10 Å². The second-order valence-electron chi connectivity index (χ2n) is 7.19. The van der Waals surface area contributed by atoms with E-state index in [-0.39, 0.29) is 6.04 Å². The van der Waals surface area contributed by atoms with Crippen molar-refractivity contribution >= 4 is 51.4 Å². The lowest BCUT2D eigenvalue weighted by Crippen LogP contribution is -2.31. The van der Waals surface area contributed by atoms with Crippen LogP contribution < -0.4 is 5.32 Å². The molecule has 0 saturated carbocycles. The summed E-state index contributed by atoms with van der Waals surface area (Å²) in [4.78, 5) is 9.05. The minimum Gasteiger partial charge on any atom is -0.331 e. The largest absolute Gasteiger partial charge is 0.331 e. The zero-order valence-electron chi connectivity index (χ0n) is 16.4. The van der Waals surface area contributed by atoms with Crippen LogP contribution in [-0.4, -0.2) is 25.8 Å². The minimum absolute atomic E-state index is 0.102. The number of thiocarbonyl (C=S) groups is 1. The van der Waals surface area contributed by atoms with E-state index in [0.717, 1.165) is 33.6 Å². The Kier molecular flexibility index (Phi) is 5.32. The number of rotatable bonds is 3. The van der Waals surface area contributed by atoms with Gasteiger partial charge in [-0.05, 0) is 48.1 Å². The van der Waals surface area contributed by atoms with E-state index in [4.69, 9.17) is 28.9 Å². The number of nitrogens with zero attached hydrogens (tertiary/aromatic N) is 4. The van der Waals surface area contributed by atoms with Crippen molar-refractivity contribution < 1.29 is 0 Å². The van der Waals surface area contributed by atoms with Gasteiger partial charge in [-0.1, -0.05) is 54.1 Å². The molecule has 4 aromatic rings. The number of hydrogen-bond donors (Lipinski definition) is 1. The molecule has 1 atom stereocenters. The molecule has 0 spiro atoms. The summed E-state index contributed by atoms with van der Waals surface area (Å²) in [7, 11) is 0. The summed E-state index contributed by atoms with van der Waals surface area (Å²) >= 11 is 11.9. The molecule has 5 rings (SSSR count). The molecule has 0 amide bonds. The molecule has 2 heterocycles. The average Bonchev–Trinajstić information content (AvgIpc) is 3.25. The fourth-order valence-electron chi connectivity index (χ4n) is 3.74. The first kappa shape index (κ1) is 19.6. The Hall–Kier alpha value is -3.35. The Morgan fingerprint density at radius 3 is 2.52 bits per heavy atom. The maximum Gasteiger partial charge on any atom is 0.194 e. The maximum absolute atomic E-state index is 6.08. The molecule has 0 radical (unpaired) electrons. The van der Waals surface area contributed by atoms with Gasteiger partial charge in [0.25, 0.3) is 0 Å². The molecule has 7 heteroatoms.